The summed E-state index contributed by atoms with van der Waals surface area (Å²) in [5.74, 6) is 0.142. The van der Waals surface area contributed by atoms with Crippen molar-refractivity contribution >= 4 is 5.69 Å². The highest BCUT2D eigenvalue weighted by Crippen LogP contribution is 2.12. The van der Waals surface area contributed by atoms with Gasteiger partial charge in [0.15, 0.2) is 0 Å². The number of aliphatic hydroxyl groups excluding tert-OH is 1. The van der Waals surface area contributed by atoms with Crippen molar-refractivity contribution in [1.29, 1.82) is 0 Å². The molecule has 1 atom stereocenters. The maximum atomic E-state index is 12.7. The maximum absolute atomic E-state index is 12.7. The Labute approximate surface area is 132 Å². The molecule has 6 nitrogen and oxygen atoms in total. The van der Waals surface area contributed by atoms with Crippen molar-refractivity contribution in [2.75, 3.05) is 13.2 Å². The fourth-order valence-electron chi connectivity index (χ4n) is 1.90. The summed E-state index contributed by atoms with van der Waals surface area (Å²) in [4.78, 5) is 10.1. The summed E-state index contributed by atoms with van der Waals surface area (Å²) in [6, 6.07) is 11.7. The van der Waals surface area contributed by atoms with Crippen molar-refractivity contribution in [3.8, 4) is 5.75 Å². The van der Waals surface area contributed by atoms with Gasteiger partial charge >= 0.3 is 0 Å². The Bertz CT molecular complexity index is 632. The highest BCUT2D eigenvalue weighted by Gasteiger charge is 2.07. The zero-order valence-electron chi connectivity index (χ0n) is 12.3. The van der Waals surface area contributed by atoms with Crippen molar-refractivity contribution in [3.05, 3.63) is 70.0 Å². The first-order valence-electron chi connectivity index (χ1n) is 7.05. The Morgan fingerprint density at radius 1 is 1.17 bits per heavy atom. The molecule has 2 rings (SSSR count). The minimum Gasteiger partial charge on any atom is -0.491 e. The average Bonchev–Trinajstić information content (AvgIpc) is 2.55. The van der Waals surface area contributed by atoms with Gasteiger partial charge in [0.2, 0.25) is 0 Å². The van der Waals surface area contributed by atoms with E-state index >= 15 is 0 Å². The van der Waals surface area contributed by atoms with Gasteiger partial charge in [0, 0.05) is 25.2 Å². The molecule has 2 aromatic rings. The fraction of sp³-hybridized carbons (Fsp3) is 0.250. The lowest BCUT2D eigenvalue weighted by atomic mass is 10.2. The lowest BCUT2D eigenvalue weighted by molar-refractivity contribution is -0.384. The van der Waals surface area contributed by atoms with E-state index in [1.807, 2.05) is 0 Å². The molecule has 0 radical (unpaired) electrons. The van der Waals surface area contributed by atoms with E-state index in [1.165, 1.54) is 36.4 Å². The Morgan fingerprint density at radius 3 is 2.43 bits per heavy atom. The zero-order valence-corrected chi connectivity index (χ0v) is 12.3. The molecule has 0 amide bonds. The smallest absolute Gasteiger partial charge is 0.269 e. The number of aliphatic hydroxyl groups is 1. The molecule has 0 aliphatic heterocycles. The van der Waals surface area contributed by atoms with Crippen LogP contribution in [0, 0.1) is 15.9 Å². The molecule has 0 heterocycles. The first kappa shape index (κ1) is 16.9. The summed E-state index contributed by atoms with van der Waals surface area (Å²) in [7, 11) is 0. The predicted octanol–water partition coefficient (Wildman–Crippen LogP) is 2.26. The molecule has 2 aromatic carbocycles. The summed E-state index contributed by atoms with van der Waals surface area (Å²) in [5, 5.41) is 23.4. The summed E-state index contributed by atoms with van der Waals surface area (Å²) in [5.41, 5.74) is 0.920. The van der Waals surface area contributed by atoms with E-state index in [1.54, 1.807) is 12.1 Å². The standard InChI is InChI=1S/C16H17FN2O4/c17-13-3-7-16(8-4-13)23-11-15(20)10-18-9-12-1-5-14(6-2-12)19(21)22/h1-8,15,18,20H,9-11H2. The quantitative estimate of drug-likeness (QED) is 0.576. The number of ether oxygens (including phenoxy) is 1. The first-order valence-corrected chi connectivity index (χ1v) is 7.05. The zero-order chi connectivity index (χ0) is 16.7. The Hall–Kier alpha value is -2.51. The van der Waals surface area contributed by atoms with Crippen molar-refractivity contribution in [2.24, 2.45) is 0 Å². The number of hydrogen-bond acceptors (Lipinski definition) is 5. The number of nitro benzene ring substituents is 1. The van der Waals surface area contributed by atoms with Gasteiger partial charge in [-0.2, -0.15) is 0 Å². The summed E-state index contributed by atoms with van der Waals surface area (Å²) >= 11 is 0. The topological polar surface area (TPSA) is 84.6 Å². The van der Waals surface area contributed by atoms with Gasteiger partial charge in [-0.25, -0.2) is 4.39 Å². The monoisotopic (exact) mass is 320 g/mol. The molecular formula is C16H17FN2O4. The second-order valence-electron chi connectivity index (χ2n) is 4.97. The predicted molar refractivity (Wildman–Crippen MR) is 82.7 cm³/mol. The number of nitrogens with one attached hydrogen (secondary N) is 1. The Balaban J connectivity index is 1.69. The van der Waals surface area contributed by atoms with Crippen molar-refractivity contribution in [1.82, 2.24) is 5.32 Å². The van der Waals surface area contributed by atoms with Gasteiger partial charge in [-0.05, 0) is 29.8 Å². The van der Waals surface area contributed by atoms with Gasteiger partial charge in [-0.3, -0.25) is 10.1 Å². The van der Waals surface area contributed by atoms with Gasteiger partial charge in [0.05, 0.1) is 4.92 Å². The van der Waals surface area contributed by atoms with Crippen LogP contribution in [0.25, 0.3) is 0 Å². The third-order valence-electron chi connectivity index (χ3n) is 3.11. The van der Waals surface area contributed by atoms with E-state index in [0.29, 0.717) is 18.8 Å². The largest absolute Gasteiger partial charge is 0.491 e. The SMILES string of the molecule is O=[N+]([O-])c1ccc(CNCC(O)COc2ccc(F)cc2)cc1. The van der Waals surface area contributed by atoms with Gasteiger partial charge in [0.1, 0.15) is 24.3 Å². The number of halogens is 1. The van der Waals surface area contributed by atoms with Crippen LogP contribution in [0.3, 0.4) is 0 Å². The van der Waals surface area contributed by atoms with Crippen LogP contribution in [0.5, 0.6) is 5.75 Å². The van der Waals surface area contributed by atoms with E-state index in [9.17, 15) is 19.6 Å². The third-order valence-corrected chi connectivity index (χ3v) is 3.11. The molecule has 0 saturated carbocycles. The molecule has 0 aliphatic rings. The molecule has 2 N–H and O–H groups in total. The minimum absolute atomic E-state index is 0.0430. The molecule has 0 aliphatic carbocycles. The van der Waals surface area contributed by atoms with Crippen molar-refractivity contribution < 1.29 is 19.2 Å². The van der Waals surface area contributed by atoms with Crippen molar-refractivity contribution in [2.45, 2.75) is 12.6 Å². The van der Waals surface area contributed by atoms with Crippen molar-refractivity contribution in [3.63, 3.8) is 0 Å². The van der Waals surface area contributed by atoms with Crippen LogP contribution in [-0.2, 0) is 6.54 Å². The summed E-state index contributed by atoms with van der Waals surface area (Å²) in [6.07, 6.45) is -0.724. The molecule has 0 saturated heterocycles. The molecule has 1 unspecified atom stereocenters. The normalized spacial score (nSPS) is 11.9. The number of benzene rings is 2. The molecule has 0 spiro atoms. The Kier molecular flexibility index (Phi) is 6.02. The van der Waals surface area contributed by atoms with Crippen LogP contribution in [0.4, 0.5) is 10.1 Å². The van der Waals surface area contributed by atoms with Crippen LogP contribution >= 0.6 is 0 Å². The second-order valence-corrected chi connectivity index (χ2v) is 4.97. The molecule has 7 heteroatoms. The fourth-order valence-corrected chi connectivity index (χ4v) is 1.90. The van der Waals surface area contributed by atoms with E-state index < -0.39 is 11.0 Å². The van der Waals surface area contributed by atoms with E-state index in [4.69, 9.17) is 4.74 Å². The molecule has 0 fully saturated rings. The Morgan fingerprint density at radius 2 is 1.83 bits per heavy atom. The van der Waals surface area contributed by atoms with E-state index in [0.717, 1.165) is 5.56 Å². The van der Waals surface area contributed by atoms with Crippen LogP contribution < -0.4 is 10.1 Å². The molecule has 0 bridgehead atoms. The van der Waals surface area contributed by atoms with Gasteiger partial charge in [-0.1, -0.05) is 12.1 Å². The highest BCUT2D eigenvalue weighted by atomic mass is 19.1. The molecule has 122 valence electrons. The van der Waals surface area contributed by atoms with E-state index in [-0.39, 0.29) is 18.1 Å². The van der Waals surface area contributed by atoms with Gasteiger partial charge in [0.25, 0.3) is 5.69 Å². The first-order chi connectivity index (χ1) is 11.0. The lowest BCUT2D eigenvalue weighted by Crippen LogP contribution is -2.31. The number of nitrogens with zero attached hydrogens (tertiary/aromatic N) is 1. The summed E-state index contributed by atoms with van der Waals surface area (Å²) < 4.78 is 18.1. The van der Waals surface area contributed by atoms with Crippen LogP contribution in [-0.4, -0.2) is 29.3 Å². The van der Waals surface area contributed by atoms with Gasteiger partial charge in [-0.15, -0.1) is 0 Å². The maximum Gasteiger partial charge on any atom is 0.269 e. The summed E-state index contributed by atoms with van der Waals surface area (Å²) in [6.45, 7) is 0.864. The number of non-ortho nitro benzene ring substituents is 1. The molecular weight excluding hydrogens is 303 g/mol. The van der Waals surface area contributed by atoms with Crippen LogP contribution in [0.15, 0.2) is 48.5 Å². The minimum atomic E-state index is -0.724. The average molecular weight is 320 g/mol. The molecule has 0 aromatic heterocycles. The third kappa shape index (κ3) is 5.65. The number of hydrogen-bond donors (Lipinski definition) is 2. The van der Waals surface area contributed by atoms with E-state index in [2.05, 4.69) is 5.32 Å². The van der Waals surface area contributed by atoms with Gasteiger partial charge < -0.3 is 15.2 Å². The lowest BCUT2D eigenvalue weighted by Gasteiger charge is -2.13. The van der Waals surface area contributed by atoms with Crippen LogP contribution in [0.1, 0.15) is 5.56 Å². The molecule has 23 heavy (non-hydrogen) atoms. The van der Waals surface area contributed by atoms with Crippen LogP contribution in [0.2, 0.25) is 0 Å². The number of rotatable bonds is 8. The second kappa shape index (κ2) is 8.21. The highest BCUT2D eigenvalue weighted by molar-refractivity contribution is 5.32. The number of nitro groups is 1.